The normalized spacial score (nSPS) is 9.86. The first kappa shape index (κ1) is 26.4. The summed E-state index contributed by atoms with van der Waals surface area (Å²) in [6.45, 7) is 2.46. The fourth-order valence-corrected chi connectivity index (χ4v) is 2.19. The fraction of sp³-hybridized carbons (Fsp3) is 0.300. The molecule has 0 aliphatic rings. The smallest absolute Gasteiger partial charge is 0.305 e. The van der Waals surface area contributed by atoms with Crippen molar-refractivity contribution in [2.45, 2.75) is 19.8 Å². The van der Waals surface area contributed by atoms with E-state index in [1.54, 1.807) is 37.4 Å². The monoisotopic (exact) mass is 442 g/mol. The summed E-state index contributed by atoms with van der Waals surface area (Å²) in [5.74, 6) is 0.546. The van der Waals surface area contributed by atoms with E-state index in [2.05, 4.69) is 9.97 Å². The van der Waals surface area contributed by atoms with Gasteiger partial charge in [0.25, 0.3) is 0 Å². The van der Waals surface area contributed by atoms with Crippen molar-refractivity contribution >= 4 is 42.6 Å². The molecule has 0 aromatic carbocycles. The molecule has 0 spiro atoms. The van der Waals surface area contributed by atoms with Crippen LogP contribution in [0.25, 0.3) is 6.08 Å². The van der Waals surface area contributed by atoms with Crippen molar-refractivity contribution in [3.05, 3.63) is 54.1 Å². The van der Waals surface area contributed by atoms with E-state index in [1.807, 2.05) is 0 Å². The van der Waals surface area contributed by atoms with Gasteiger partial charge in [-0.2, -0.15) is 0 Å². The Balaban J connectivity index is 0.00000392. The molecule has 0 amide bonds. The maximum atomic E-state index is 12.1. The summed E-state index contributed by atoms with van der Waals surface area (Å²) in [5, 5.41) is 0. The molecule has 0 aliphatic carbocycles. The zero-order chi connectivity index (χ0) is 19.5. The third kappa shape index (κ3) is 8.93. The van der Waals surface area contributed by atoms with E-state index in [4.69, 9.17) is 14.2 Å². The minimum Gasteiger partial charge on any atom is -0.491 e. The van der Waals surface area contributed by atoms with Crippen molar-refractivity contribution in [2.75, 3.05) is 20.3 Å². The lowest BCUT2D eigenvalue weighted by Gasteiger charge is -2.10. The van der Waals surface area contributed by atoms with Gasteiger partial charge in [-0.15, -0.1) is 24.8 Å². The lowest BCUT2D eigenvalue weighted by molar-refractivity contribution is -0.143. The Hall–Kier alpha value is -2.64. The number of esters is 1. The molecule has 0 N–H and O–H groups in total. The highest BCUT2D eigenvalue weighted by atomic mass is 35.5. The molecule has 0 radical (unpaired) electrons. The first-order chi connectivity index (χ1) is 13.1. The first-order valence-electron chi connectivity index (χ1n) is 8.59. The quantitative estimate of drug-likeness (QED) is 0.238. The van der Waals surface area contributed by atoms with Gasteiger partial charge in [-0.3, -0.25) is 19.6 Å². The van der Waals surface area contributed by atoms with Gasteiger partial charge in [0.2, 0.25) is 0 Å². The van der Waals surface area contributed by atoms with E-state index in [0.717, 1.165) is 0 Å². The van der Waals surface area contributed by atoms with Crippen molar-refractivity contribution in [3.8, 4) is 11.5 Å². The van der Waals surface area contributed by atoms with Crippen LogP contribution < -0.4 is 9.47 Å². The van der Waals surface area contributed by atoms with Gasteiger partial charge in [-0.1, -0.05) is 0 Å². The Bertz CT molecular complexity index is 801. The number of ketones is 1. The first-order valence-corrected chi connectivity index (χ1v) is 8.59. The number of hydrogen-bond donors (Lipinski definition) is 0. The van der Waals surface area contributed by atoms with E-state index >= 15 is 0 Å². The number of halogens is 2. The van der Waals surface area contributed by atoms with Crippen molar-refractivity contribution in [2.24, 2.45) is 0 Å². The van der Waals surface area contributed by atoms with Crippen molar-refractivity contribution in [1.82, 2.24) is 9.97 Å². The summed E-state index contributed by atoms with van der Waals surface area (Å²) in [5.41, 5.74) is 1.05. The molecule has 0 aliphatic heterocycles. The standard InChI is InChI=1S/C20H22N2O5.2ClH/c1-3-26-20(24)7-5-11-27-18-12-16(22-14-19(18)25-2)8-9-17(23)15-6-4-10-21-13-15;;/h4,6,8-10,12-14H,3,5,7,11H2,1-2H3;2*1H. The van der Waals surface area contributed by atoms with Crippen LogP contribution in [0.3, 0.4) is 0 Å². The molecule has 0 saturated heterocycles. The van der Waals surface area contributed by atoms with Gasteiger partial charge in [0.1, 0.15) is 0 Å². The van der Waals surface area contributed by atoms with Crippen molar-refractivity contribution in [3.63, 3.8) is 0 Å². The van der Waals surface area contributed by atoms with Crippen LogP contribution >= 0.6 is 24.8 Å². The number of pyridine rings is 2. The average Bonchev–Trinajstić information content (AvgIpc) is 2.70. The van der Waals surface area contributed by atoms with E-state index in [9.17, 15) is 9.59 Å². The Morgan fingerprint density at radius 1 is 1.17 bits per heavy atom. The average molecular weight is 443 g/mol. The highest BCUT2D eigenvalue weighted by molar-refractivity contribution is 6.06. The van der Waals surface area contributed by atoms with Crippen LogP contribution in [0.5, 0.6) is 11.5 Å². The molecule has 29 heavy (non-hydrogen) atoms. The summed E-state index contributed by atoms with van der Waals surface area (Å²) in [4.78, 5) is 31.6. The Labute approximate surface area is 182 Å². The number of hydrogen-bond acceptors (Lipinski definition) is 7. The molecule has 0 fully saturated rings. The van der Waals surface area contributed by atoms with E-state index < -0.39 is 0 Å². The second-order valence-corrected chi connectivity index (χ2v) is 5.46. The summed E-state index contributed by atoms with van der Waals surface area (Å²) >= 11 is 0. The van der Waals surface area contributed by atoms with Gasteiger partial charge in [0.05, 0.1) is 32.2 Å². The molecule has 9 heteroatoms. The maximum Gasteiger partial charge on any atom is 0.305 e. The molecule has 0 bridgehead atoms. The van der Waals surface area contributed by atoms with Crippen LogP contribution in [0, 0.1) is 0 Å². The van der Waals surface area contributed by atoms with Crippen LogP contribution in [0.4, 0.5) is 0 Å². The lowest BCUT2D eigenvalue weighted by Crippen LogP contribution is -2.07. The Morgan fingerprint density at radius 3 is 2.62 bits per heavy atom. The highest BCUT2D eigenvalue weighted by Crippen LogP contribution is 2.27. The van der Waals surface area contributed by atoms with Gasteiger partial charge >= 0.3 is 5.97 Å². The summed E-state index contributed by atoms with van der Waals surface area (Å²) < 4.78 is 15.8. The van der Waals surface area contributed by atoms with Gasteiger partial charge in [0, 0.05) is 30.4 Å². The number of nitrogens with zero attached hydrogens (tertiary/aromatic N) is 2. The minimum atomic E-state index is -0.250. The molecule has 2 rings (SSSR count). The van der Waals surface area contributed by atoms with Gasteiger partial charge in [-0.05, 0) is 37.6 Å². The number of carbonyl (C=O) groups excluding carboxylic acids is 2. The maximum absolute atomic E-state index is 12.1. The predicted molar refractivity (Wildman–Crippen MR) is 114 cm³/mol. The number of aromatic nitrogens is 2. The third-order valence-electron chi connectivity index (χ3n) is 3.51. The van der Waals surface area contributed by atoms with Crippen LogP contribution in [0.1, 0.15) is 35.8 Å². The molecule has 2 aromatic rings. The molecule has 2 heterocycles. The van der Waals surface area contributed by atoms with Crippen molar-refractivity contribution < 1.29 is 23.8 Å². The van der Waals surface area contributed by atoms with Crippen LogP contribution in [-0.2, 0) is 9.53 Å². The highest BCUT2D eigenvalue weighted by Gasteiger charge is 2.08. The molecule has 0 unspecified atom stereocenters. The Morgan fingerprint density at radius 2 is 1.97 bits per heavy atom. The van der Waals surface area contributed by atoms with Crippen molar-refractivity contribution in [1.29, 1.82) is 0 Å². The molecule has 2 aromatic heterocycles. The molecular weight excluding hydrogens is 419 g/mol. The third-order valence-corrected chi connectivity index (χ3v) is 3.51. The molecule has 0 atom stereocenters. The van der Waals surface area contributed by atoms with E-state index in [-0.39, 0.29) is 43.0 Å². The van der Waals surface area contributed by atoms with Gasteiger partial charge < -0.3 is 14.2 Å². The Kier molecular flexibility index (Phi) is 13.1. The zero-order valence-electron chi connectivity index (χ0n) is 16.2. The molecular formula is C20H24Cl2N2O5. The number of rotatable bonds is 10. The second-order valence-electron chi connectivity index (χ2n) is 5.46. The van der Waals surface area contributed by atoms with Crippen LogP contribution in [0.2, 0.25) is 0 Å². The summed E-state index contributed by atoms with van der Waals surface area (Å²) in [6.07, 6.45) is 8.47. The SMILES string of the molecule is CCOC(=O)CCCOc1cc(C=CC(=O)c2cccnc2)ncc1OC.Cl.Cl. The minimum absolute atomic E-state index is 0. The fourth-order valence-electron chi connectivity index (χ4n) is 2.19. The number of ether oxygens (including phenoxy) is 3. The topological polar surface area (TPSA) is 87.6 Å². The van der Waals surface area contributed by atoms with Gasteiger partial charge in [0.15, 0.2) is 17.3 Å². The zero-order valence-corrected chi connectivity index (χ0v) is 17.8. The molecule has 7 nitrogen and oxygen atoms in total. The molecule has 158 valence electrons. The van der Waals surface area contributed by atoms with E-state index in [0.29, 0.717) is 42.4 Å². The number of allylic oxidation sites excluding steroid dienone is 1. The number of carbonyl (C=O) groups is 2. The lowest BCUT2D eigenvalue weighted by atomic mass is 10.1. The summed E-state index contributed by atoms with van der Waals surface area (Å²) in [6, 6.07) is 5.07. The van der Waals surface area contributed by atoms with E-state index in [1.165, 1.54) is 25.6 Å². The summed E-state index contributed by atoms with van der Waals surface area (Å²) in [7, 11) is 1.52. The van der Waals surface area contributed by atoms with Crippen LogP contribution in [0.15, 0.2) is 42.9 Å². The van der Waals surface area contributed by atoms with Gasteiger partial charge in [-0.25, -0.2) is 0 Å². The number of methoxy groups -OCH3 is 1. The largest absolute Gasteiger partial charge is 0.491 e. The second kappa shape index (κ2) is 14.4. The van der Waals surface area contributed by atoms with Crippen LogP contribution in [-0.4, -0.2) is 42.0 Å². The predicted octanol–water partition coefficient (Wildman–Crippen LogP) is 3.95. The molecule has 0 saturated carbocycles.